The lowest BCUT2D eigenvalue weighted by Crippen LogP contribution is -2.39. The number of carbonyl (C=O) groups excluding carboxylic acids is 1. The van der Waals surface area contributed by atoms with Crippen molar-refractivity contribution in [3.8, 4) is 0 Å². The van der Waals surface area contributed by atoms with Crippen LogP contribution in [-0.4, -0.2) is 38.3 Å². The number of hydrogen-bond acceptors (Lipinski definition) is 4. The van der Waals surface area contributed by atoms with Gasteiger partial charge in [0.15, 0.2) is 0 Å². The number of thiocarbonyl (C=S) groups is 1. The number of rotatable bonds is 6. The van der Waals surface area contributed by atoms with Gasteiger partial charge >= 0.3 is 6.03 Å². The second kappa shape index (κ2) is 5.73. The van der Waals surface area contributed by atoms with Gasteiger partial charge in [0, 0.05) is 13.1 Å². The fourth-order valence-corrected chi connectivity index (χ4v) is 1.99. The quantitative estimate of drug-likeness (QED) is 0.311. The van der Waals surface area contributed by atoms with Crippen molar-refractivity contribution in [1.29, 1.82) is 0 Å². The molecule has 0 aromatic heterocycles. The molecule has 0 spiro atoms. The molecule has 2 amide bonds. The van der Waals surface area contributed by atoms with Crippen LogP contribution in [0.25, 0.3) is 0 Å². The van der Waals surface area contributed by atoms with Crippen LogP contribution in [0.15, 0.2) is 0 Å². The Morgan fingerprint density at radius 3 is 2.29 bits per heavy atom. The monoisotopic (exact) mass is 240 g/mol. The van der Waals surface area contributed by atoms with E-state index in [1.165, 1.54) is 0 Å². The molecule has 0 heterocycles. The van der Waals surface area contributed by atoms with Gasteiger partial charge < -0.3 is 16.8 Å². The van der Waals surface area contributed by atoms with Crippen molar-refractivity contribution in [2.24, 2.45) is 11.5 Å². The summed E-state index contributed by atoms with van der Waals surface area (Å²) in [6, 6.07) is -0.710. The Morgan fingerprint density at radius 1 is 1.29 bits per heavy atom. The molecule has 0 aliphatic rings. The van der Waals surface area contributed by atoms with Gasteiger partial charge in [0.2, 0.25) is 10.0 Å². The molecule has 7 nitrogen and oxygen atoms in total. The maximum atomic E-state index is 11.1. The summed E-state index contributed by atoms with van der Waals surface area (Å²) < 4.78 is 24.3. The predicted molar refractivity (Wildman–Crippen MR) is 56.2 cm³/mol. The Morgan fingerprint density at radius 2 is 1.86 bits per heavy atom. The van der Waals surface area contributed by atoms with Crippen LogP contribution in [0.5, 0.6) is 0 Å². The first-order valence-electron chi connectivity index (χ1n) is 3.62. The maximum absolute atomic E-state index is 11.1. The Hall–Kier alpha value is -0.930. The van der Waals surface area contributed by atoms with Crippen LogP contribution in [0, 0.1) is 0 Å². The SMILES string of the molecule is NC(=O)NCCNS(=O)(=O)CC(N)=S. The number of nitrogens with two attached hydrogens (primary N) is 2. The summed E-state index contributed by atoms with van der Waals surface area (Å²) >= 11 is 4.43. The molecule has 0 rings (SSSR count). The molecule has 0 saturated heterocycles. The number of primary amides is 1. The van der Waals surface area contributed by atoms with Gasteiger partial charge in [-0.25, -0.2) is 17.9 Å². The van der Waals surface area contributed by atoms with Gasteiger partial charge in [-0.1, -0.05) is 12.2 Å². The van der Waals surface area contributed by atoms with Crippen LogP contribution in [0.1, 0.15) is 0 Å². The average Bonchev–Trinajstić information content (AvgIpc) is 1.95. The van der Waals surface area contributed by atoms with Crippen molar-refractivity contribution in [3.63, 3.8) is 0 Å². The molecule has 0 atom stereocenters. The number of urea groups is 1. The Bertz CT molecular complexity index is 313. The Balaban J connectivity index is 3.78. The van der Waals surface area contributed by atoms with E-state index in [1.54, 1.807) is 0 Å². The molecule has 9 heteroatoms. The average molecular weight is 240 g/mol. The molecular formula is C5H12N4O3S2. The summed E-state index contributed by atoms with van der Waals surface area (Å²) in [7, 11) is -3.49. The van der Waals surface area contributed by atoms with E-state index >= 15 is 0 Å². The van der Waals surface area contributed by atoms with Gasteiger partial charge in [0.1, 0.15) is 5.75 Å². The molecule has 0 unspecified atom stereocenters. The van der Waals surface area contributed by atoms with Gasteiger partial charge in [-0.05, 0) is 0 Å². The van der Waals surface area contributed by atoms with E-state index in [-0.39, 0.29) is 18.1 Å². The third kappa shape index (κ3) is 7.71. The Labute approximate surface area is 87.3 Å². The topological polar surface area (TPSA) is 127 Å². The molecule has 82 valence electrons. The molecule has 0 bridgehead atoms. The van der Waals surface area contributed by atoms with E-state index in [2.05, 4.69) is 22.3 Å². The maximum Gasteiger partial charge on any atom is 0.312 e. The second-order valence-electron chi connectivity index (χ2n) is 2.41. The van der Waals surface area contributed by atoms with Crippen LogP contribution >= 0.6 is 12.2 Å². The molecular weight excluding hydrogens is 228 g/mol. The van der Waals surface area contributed by atoms with E-state index < -0.39 is 21.8 Å². The molecule has 6 N–H and O–H groups in total. The lowest BCUT2D eigenvalue weighted by atomic mass is 10.6. The lowest BCUT2D eigenvalue weighted by Gasteiger charge is -2.05. The van der Waals surface area contributed by atoms with Crippen molar-refractivity contribution >= 4 is 33.3 Å². The summed E-state index contributed by atoms with van der Waals surface area (Å²) in [4.78, 5) is 10.1. The number of carbonyl (C=O) groups is 1. The first kappa shape index (κ1) is 13.1. The molecule has 0 fully saturated rings. The summed E-state index contributed by atoms with van der Waals surface area (Å²) in [5.41, 5.74) is 9.81. The van der Waals surface area contributed by atoms with Crippen LogP contribution in [0.2, 0.25) is 0 Å². The zero-order valence-electron chi connectivity index (χ0n) is 7.32. The van der Waals surface area contributed by atoms with Crippen LogP contribution in [0.4, 0.5) is 4.79 Å². The highest BCUT2D eigenvalue weighted by molar-refractivity contribution is 7.92. The largest absolute Gasteiger partial charge is 0.392 e. The van der Waals surface area contributed by atoms with Crippen molar-refractivity contribution in [3.05, 3.63) is 0 Å². The minimum Gasteiger partial charge on any atom is -0.392 e. The van der Waals surface area contributed by atoms with Gasteiger partial charge in [0.05, 0.1) is 4.99 Å². The van der Waals surface area contributed by atoms with Gasteiger partial charge in [-0.15, -0.1) is 0 Å². The molecule has 0 aromatic rings. The van der Waals surface area contributed by atoms with E-state index in [9.17, 15) is 13.2 Å². The molecule has 0 aliphatic carbocycles. The summed E-state index contributed by atoms with van der Waals surface area (Å²) in [5.74, 6) is -0.404. The molecule has 0 aromatic carbocycles. The number of hydrogen-bond donors (Lipinski definition) is 4. The summed E-state index contributed by atoms with van der Waals surface area (Å²) in [5, 5.41) is 2.22. The highest BCUT2D eigenvalue weighted by Gasteiger charge is 2.10. The van der Waals surface area contributed by atoms with Gasteiger partial charge in [0.25, 0.3) is 0 Å². The van der Waals surface area contributed by atoms with Crippen molar-refractivity contribution in [1.82, 2.24) is 10.0 Å². The molecule has 0 saturated carbocycles. The first-order chi connectivity index (χ1) is 6.33. The minimum absolute atomic E-state index is 0.0495. The Kier molecular flexibility index (Phi) is 5.35. The number of sulfonamides is 1. The predicted octanol–water partition coefficient (Wildman–Crippen LogP) is -2.14. The van der Waals surface area contributed by atoms with Gasteiger partial charge in [-0.2, -0.15) is 0 Å². The fourth-order valence-electron chi connectivity index (χ4n) is 0.631. The second-order valence-corrected chi connectivity index (χ2v) is 4.74. The highest BCUT2D eigenvalue weighted by Crippen LogP contribution is 1.82. The summed E-state index contributed by atoms with van der Waals surface area (Å²) in [6.07, 6.45) is 0. The van der Waals surface area contributed by atoms with Crippen molar-refractivity contribution in [2.45, 2.75) is 0 Å². The number of nitrogens with one attached hydrogen (secondary N) is 2. The van der Waals surface area contributed by atoms with Crippen LogP contribution in [-0.2, 0) is 10.0 Å². The molecule has 0 radical (unpaired) electrons. The lowest BCUT2D eigenvalue weighted by molar-refractivity contribution is 0.249. The van der Waals surface area contributed by atoms with E-state index in [0.29, 0.717) is 0 Å². The standard InChI is InChI=1S/C5H12N4O3S2/c6-4(13)3-14(11,12)9-2-1-8-5(7)10/h9H,1-3H2,(H2,6,13)(H3,7,8,10). The van der Waals surface area contributed by atoms with Crippen molar-refractivity contribution < 1.29 is 13.2 Å². The van der Waals surface area contributed by atoms with Crippen LogP contribution < -0.4 is 21.5 Å². The first-order valence-corrected chi connectivity index (χ1v) is 5.68. The fraction of sp³-hybridized carbons (Fsp3) is 0.600. The zero-order valence-corrected chi connectivity index (χ0v) is 8.95. The van der Waals surface area contributed by atoms with Crippen LogP contribution in [0.3, 0.4) is 0 Å². The number of amides is 2. The third-order valence-electron chi connectivity index (χ3n) is 1.08. The normalized spacial score (nSPS) is 10.9. The van der Waals surface area contributed by atoms with E-state index in [0.717, 1.165) is 0 Å². The van der Waals surface area contributed by atoms with E-state index in [4.69, 9.17) is 11.5 Å². The smallest absolute Gasteiger partial charge is 0.312 e. The highest BCUT2D eigenvalue weighted by atomic mass is 32.2. The zero-order chi connectivity index (χ0) is 11.2. The molecule has 0 aliphatic heterocycles. The minimum atomic E-state index is -3.49. The van der Waals surface area contributed by atoms with E-state index in [1.807, 2.05) is 0 Å². The van der Waals surface area contributed by atoms with Crippen molar-refractivity contribution in [2.75, 3.05) is 18.8 Å². The molecule has 14 heavy (non-hydrogen) atoms. The summed E-state index contributed by atoms with van der Waals surface area (Å²) in [6.45, 7) is 0.166. The van der Waals surface area contributed by atoms with Gasteiger partial charge in [-0.3, -0.25) is 0 Å². The third-order valence-corrected chi connectivity index (χ3v) is 2.74.